The standard InChI is InChI=1S/C17H22O/c1-3-17(2,15-12-8-5-9-13-15)16(18)14-10-6-4-7-11-14/h3-4,6-7,10-11,15H,1,5,8-9,12-13H2,2H3. The molecule has 0 N–H and O–H groups in total. The van der Waals surface area contributed by atoms with Crippen molar-refractivity contribution in [2.45, 2.75) is 39.0 Å². The monoisotopic (exact) mass is 242 g/mol. The summed E-state index contributed by atoms with van der Waals surface area (Å²) in [4.78, 5) is 12.7. The molecule has 1 aliphatic carbocycles. The van der Waals surface area contributed by atoms with Crippen LogP contribution in [-0.2, 0) is 0 Å². The van der Waals surface area contributed by atoms with Crippen LogP contribution in [0.3, 0.4) is 0 Å². The highest BCUT2D eigenvalue weighted by molar-refractivity contribution is 6.01. The van der Waals surface area contributed by atoms with Crippen LogP contribution >= 0.6 is 0 Å². The van der Waals surface area contributed by atoms with Gasteiger partial charge in [-0.25, -0.2) is 0 Å². The van der Waals surface area contributed by atoms with Crippen LogP contribution in [0.5, 0.6) is 0 Å². The molecule has 1 aliphatic rings. The van der Waals surface area contributed by atoms with Gasteiger partial charge in [-0.05, 0) is 25.7 Å². The Balaban J connectivity index is 2.26. The molecule has 1 unspecified atom stereocenters. The molecular formula is C17H22O. The molecule has 0 radical (unpaired) electrons. The van der Waals surface area contributed by atoms with Crippen molar-refractivity contribution in [1.29, 1.82) is 0 Å². The Morgan fingerprint density at radius 3 is 2.39 bits per heavy atom. The van der Waals surface area contributed by atoms with Gasteiger partial charge in [-0.3, -0.25) is 4.79 Å². The lowest BCUT2D eigenvalue weighted by Gasteiger charge is -2.36. The molecule has 0 saturated heterocycles. The molecule has 1 aromatic carbocycles. The van der Waals surface area contributed by atoms with E-state index < -0.39 is 5.41 Å². The number of benzene rings is 1. The fraction of sp³-hybridized carbons (Fsp3) is 0.471. The molecule has 1 atom stereocenters. The van der Waals surface area contributed by atoms with Crippen molar-refractivity contribution >= 4 is 5.78 Å². The summed E-state index contributed by atoms with van der Waals surface area (Å²) >= 11 is 0. The van der Waals surface area contributed by atoms with Gasteiger partial charge in [-0.2, -0.15) is 0 Å². The van der Waals surface area contributed by atoms with Gasteiger partial charge in [-0.15, -0.1) is 6.58 Å². The van der Waals surface area contributed by atoms with Gasteiger partial charge in [-0.1, -0.05) is 55.7 Å². The smallest absolute Gasteiger partial charge is 0.172 e. The van der Waals surface area contributed by atoms with E-state index in [9.17, 15) is 4.79 Å². The summed E-state index contributed by atoms with van der Waals surface area (Å²) in [6.07, 6.45) is 7.98. The van der Waals surface area contributed by atoms with Crippen molar-refractivity contribution in [2.24, 2.45) is 11.3 Å². The zero-order valence-electron chi connectivity index (χ0n) is 11.2. The largest absolute Gasteiger partial charge is 0.293 e. The predicted octanol–water partition coefficient (Wildman–Crippen LogP) is 4.64. The predicted molar refractivity (Wildman–Crippen MR) is 75.7 cm³/mol. The van der Waals surface area contributed by atoms with E-state index in [2.05, 4.69) is 13.5 Å². The summed E-state index contributed by atoms with van der Waals surface area (Å²) in [6.45, 7) is 5.99. The minimum absolute atomic E-state index is 0.227. The molecular weight excluding hydrogens is 220 g/mol. The first kappa shape index (κ1) is 13.1. The lowest BCUT2D eigenvalue weighted by atomic mass is 9.66. The minimum Gasteiger partial charge on any atom is -0.293 e. The average Bonchev–Trinajstić information content (AvgIpc) is 2.47. The Kier molecular flexibility index (Phi) is 4.00. The number of rotatable bonds is 4. The van der Waals surface area contributed by atoms with Crippen LogP contribution in [0.25, 0.3) is 0 Å². The van der Waals surface area contributed by atoms with E-state index in [0.717, 1.165) is 18.4 Å². The molecule has 0 heterocycles. The number of carbonyl (C=O) groups excluding carboxylic acids is 1. The number of hydrogen-bond acceptors (Lipinski definition) is 1. The molecule has 96 valence electrons. The van der Waals surface area contributed by atoms with Crippen molar-refractivity contribution in [2.75, 3.05) is 0 Å². The summed E-state index contributed by atoms with van der Waals surface area (Å²) in [5.74, 6) is 0.682. The van der Waals surface area contributed by atoms with Gasteiger partial charge in [0, 0.05) is 5.56 Å². The fourth-order valence-electron chi connectivity index (χ4n) is 3.05. The summed E-state index contributed by atoms with van der Waals surface area (Å²) in [6, 6.07) is 9.62. The summed E-state index contributed by atoms with van der Waals surface area (Å²) in [5.41, 5.74) is 0.410. The maximum Gasteiger partial charge on any atom is 0.172 e. The number of ketones is 1. The van der Waals surface area contributed by atoms with Gasteiger partial charge < -0.3 is 0 Å². The van der Waals surface area contributed by atoms with E-state index in [1.54, 1.807) is 0 Å². The minimum atomic E-state index is -0.401. The Labute approximate surface area is 110 Å². The van der Waals surface area contributed by atoms with Gasteiger partial charge in [0.1, 0.15) is 0 Å². The SMILES string of the molecule is C=CC(C)(C(=O)c1ccccc1)C1CCCCC1. The summed E-state index contributed by atoms with van der Waals surface area (Å²) in [5, 5.41) is 0. The van der Waals surface area contributed by atoms with Gasteiger partial charge in [0.25, 0.3) is 0 Å². The molecule has 1 fully saturated rings. The third-order valence-electron chi connectivity index (χ3n) is 4.40. The lowest BCUT2D eigenvalue weighted by molar-refractivity contribution is 0.0753. The first-order valence-electron chi connectivity index (χ1n) is 6.92. The number of hydrogen-bond donors (Lipinski definition) is 0. The number of Topliss-reactive ketones (excluding diaryl/α,β-unsaturated/α-hetero) is 1. The molecule has 0 aromatic heterocycles. The molecule has 0 bridgehead atoms. The second-order valence-electron chi connectivity index (χ2n) is 5.52. The van der Waals surface area contributed by atoms with E-state index in [4.69, 9.17) is 0 Å². The maximum atomic E-state index is 12.7. The molecule has 2 rings (SSSR count). The normalized spacial score (nSPS) is 20.1. The van der Waals surface area contributed by atoms with Crippen molar-refractivity contribution in [1.82, 2.24) is 0 Å². The zero-order chi connectivity index (χ0) is 13.0. The van der Waals surface area contributed by atoms with E-state index >= 15 is 0 Å². The average molecular weight is 242 g/mol. The highest BCUT2D eigenvalue weighted by Gasteiger charge is 2.39. The maximum absolute atomic E-state index is 12.7. The molecule has 0 aliphatic heterocycles. The highest BCUT2D eigenvalue weighted by atomic mass is 16.1. The van der Waals surface area contributed by atoms with Crippen molar-refractivity contribution in [3.8, 4) is 0 Å². The second kappa shape index (κ2) is 5.51. The van der Waals surface area contributed by atoms with Crippen molar-refractivity contribution < 1.29 is 4.79 Å². The summed E-state index contributed by atoms with van der Waals surface area (Å²) < 4.78 is 0. The van der Waals surface area contributed by atoms with Crippen LogP contribution in [0.15, 0.2) is 43.0 Å². The first-order valence-corrected chi connectivity index (χ1v) is 6.92. The van der Waals surface area contributed by atoms with Gasteiger partial charge in [0.2, 0.25) is 0 Å². The fourth-order valence-corrected chi connectivity index (χ4v) is 3.05. The molecule has 0 amide bonds. The van der Waals surface area contributed by atoms with Crippen molar-refractivity contribution in [3.05, 3.63) is 48.6 Å². The lowest BCUT2D eigenvalue weighted by Crippen LogP contribution is -2.35. The molecule has 1 nitrogen and oxygen atoms in total. The topological polar surface area (TPSA) is 17.1 Å². The van der Waals surface area contributed by atoms with Gasteiger partial charge in [0.15, 0.2) is 5.78 Å². The Bertz CT molecular complexity index is 414. The molecule has 0 spiro atoms. The molecule has 1 saturated carbocycles. The molecule has 1 aromatic rings. The Morgan fingerprint density at radius 1 is 1.22 bits per heavy atom. The third-order valence-corrected chi connectivity index (χ3v) is 4.40. The van der Waals surface area contributed by atoms with Crippen molar-refractivity contribution in [3.63, 3.8) is 0 Å². The Morgan fingerprint density at radius 2 is 1.83 bits per heavy atom. The second-order valence-corrected chi connectivity index (χ2v) is 5.52. The molecule has 1 heteroatoms. The highest BCUT2D eigenvalue weighted by Crippen LogP contribution is 2.41. The zero-order valence-corrected chi connectivity index (χ0v) is 11.2. The van der Waals surface area contributed by atoms with E-state index in [1.807, 2.05) is 36.4 Å². The van der Waals surface area contributed by atoms with Crippen LogP contribution in [-0.4, -0.2) is 5.78 Å². The van der Waals surface area contributed by atoms with Crippen LogP contribution in [0.1, 0.15) is 49.4 Å². The Hall–Kier alpha value is -1.37. The van der Waals surface area contributed by atoms with Gasteiger partial charge >= 0.3 is 0 Å². The third kappa shape index (κ3) is 2.40. The first-order chi connectivity index (χ1) is 8.68. The van der Waals surface area contributed by atoms with Gasteiger partial charge in [0.05, 0.1) is 5.41 Å². The van der Waals surface area contributed by atoms with E-state index in [1.165, 1.54) is 19.3 Å². The quantitative estimate of drug-likeness (QED) is 0.555. The van der Waals surface area contributed by atoms with E-state index in [-0.39, 0.29) is 5.78 Å². The van der Waals surface area contributed by atoms with Crippen LogP contribution in [0.4, 0.5) is 0 Å². The van der Waals surface area contributed by atoms with Crippen LogP contribution in [0.2, 0.25) is 0 Å². The number of allylic oxidation sites excluding steroid dienone is 1. The summed E-state index contributed by atoms with van der Waals surface area (Å²) in [7, 11) is 0. The number of carbonyl (C=O) groups is 1. The van der Waals surface area contributed by atoms with Crippen LogP contribution < -0.4 is 0 Å². The molecule has 18 heavy (non-hydrogen) atoms. The van der Waals surface area contributed by atoms with Crippen LogP contribution in [0, 0.1) is 11.3 Å². The van der Waals surface area contributed by atoms with E-state index in [0.29, 0.717) is 5.92 Å².